The molecule has 1 unspecified atom stereocenters. The Morgan fingerprint density at radius 2 is 1.53 bits per heavy atom. The molecule has 0 bridgehead atoms. The van der Waals surface area contributed by atoms with Gasteiger partial charge in [0.15, 0.2) is 0 Å². The van der Waals surface area contributed by atoms with Crippen LogP contribution in [0.4, 0.5) is 5.69 Å². The van der Waals surface area contributed by atoms with Crippen molar-refractivity contribution < 1.29 is 9.59 Å². The molecule has 1 atom stereocenters. The molecule has 1 aliphatic heterocycles. The summed E-state index contributed by atoms with van der Waals surface area (Å²) in [5.74, 6) is -0.865. The number of carbonyl (C=O) groups excluding carboxylic acids is 2. The van der Waals surface area contributed by atoms with E-state index >= 15 is 0 Å². The molecule has 0 N–H and O–H groups in total. The number of hydrogen-bond donors (Lipinski definition) is 0. The molecular formula is C16H13NO2. The molecule has 1 aliphatic rings. The van der Waals surface area contributed by atoms with Crippen molar-refractivity contribution in [2.45, 2.75) is 13.0 Å². The van der Waals surface area contributed by atoms with Gasteiger partial charge in [-0.25, -0.2) is 0 Å². The first-order valence-electron chi connectivity index (χ1n) is 6.22. The molecule has 1 heterocycles. The van der Waals surface area contributed by atoms with Crippen LogP contribution >= 0.6 is 0 Å². The Bertz CT molecular complexity index is 649. The highest BCUT2D eigenvalue weighted by atomic mass is 16.2. The Labute approximate surface area is 111 Å². The summed E-state index contributed by atoms with van der Waals surface area (Å²) >= 11 is 0. The first-order valence-corrected chi connectivity index (χ1v) is 6.22. The first kappa shape index (κ1) is 11.7. The third-order valence-corrected chi connectivity index (χ3v) is 3.49. The lowest BCUT2D eigenvalue weighted by Gasteiger charge is -2.24. The van der Waals surface area contributed by atoms with E-state index in [0.717, 1.165) is 5.56 Å². The topological polar surface area (TPSA) is 37.4 Å². The average molecular weight is 251 g/mol. The molecule has 2 aromatic carbocycles. The van der Waals surface area contributed by atoms with E-state index in [0.29, 0.717) is 11.3 Å². The molecule has 0 radical (unpaired) electrons. The van der Waals surface area contributed by atoms with Crippen LogP contribution in [0.2, 0.25) is 0 Å². The van der Waals surface area contributed by atoms with Gasteiger partial charge >= 0.3 is 0 Å². The lowest BCUT2D eigenvalue weighted by atomic mass is 10.1. The minimum atomic E-state index is -0.447. The molecule has 3 rings (SSSR count). The summed E-state index contributed by atoms with van der Waals surface area (Å²) < 4.78 is 0. The van der Waals surface area contributed by atoms with Crippen molar-refractivity contribution in [2.75, 3.05) is 4.90 Å². The maximum Gasteiger partial charge on any atom is 0.300 e. The van der Waals surface area contributed by atoms with E-state index in [1.54, 1.807) is 17.0 Å². The third-order valence-electron chi connectivity index (χ3n) is 3.49. The Morgan fingerprint density at radius 1 is 0.895 bits per heavy atom. The van der Waals surface area contributed by atoms with E-state index in [1.165, 1.54) is 0 Å². The van der Waals surface area contributed by atoms with Gasteiger partial charge in [0.05, 0.1) is 17.3 Å². The summed E-state index contributed by atoms with van der Waals surface area (Å²) in [5.41, 5.74) is 2.21. The normalized spacial score (nSPS) is 15.5. The number of amides is 1. The molecule has 0 saturated heterocycles. The van der Waals surface area contributed by atoms with Gasteiger partial charge in [-0.3, -0.25) is 14.5 Å². The molecular weight excluding hydrogens is 238 g/mol. The van der Waals surface area contributed by atoms with Crippen molar-refractivity contribution >= 4 is 17.4 Å². The largest absolute Gasteiger partial charge is 0.300 e. The van der Waals surface area contributed by atoms with Gasteiger partial charge in [0.25, 0.3) is 11.7 Å². The molecule has 2 aromatic rings. The maximum absolute atomic E-state index is 12.2. The fourth-order valence-corrected chi connectivity index (χ4v) is 2.47. The Hall–Kier alpha value is -2.42. The molecule has 3 nitrogen and oxygen atoms in total. The van der Waals surface area contributed by atoms with Crippen LogP contribution in [0.25, 0.3) is 0 Å². The summed E-state index contributed by atoms with van der Waals surface area (Å²) in [4.78, 5) is 25.7. The van der Waals surface area contributed by atoms with Crippen molar-refractivity contribution in [1.82, 2.24) is 0 Å². The Morgan fingerprint density at radius 3 is 2.26 bits per heavy atom. The summed E-state index contributed by atoms with van der Waals surface area (Å²) in [6.07, 6.45) is 0. The smallest absolute Gasteiger partial charge is 0.298 e. The standard InChI is InChI=1S/C16H13NO2/c1-11(12-7-3-2-4-8-12)17-14-10-6-5-9-13(14)15(18)16(17)19/h2-11H,1H3. The van der Waals surface area contributed by atoms with Crippen LogP contribution in [-0.2, 0) is 4.79 Å². The molecule has 1 amide bonds. The van der Waals surface area contributed by atoms with E-state index in [9.17, 15) is 9.59 Å². The van der Waals surface area contributed by atoms with Crippen LogP contribution < -0.4 is 4.90 Å². The molecule has 19 heavy (non-hydrogen) atoms. The molecule has 0 aromatic heterocycles. The van der Waals surface area contributed by atoms with E-state index in [2.05, 4.69) is 0 Å². The summed E-state index contributed by atoms with van der Waals surface area (Å²) in [7, 11) is 0. The number of rotatable bonds is 2. The van der Waals surface area contributed by atoms with Gasteiger partial charge < -0.3 is 0 Å². The van der Waals surface area contributed by atoms with Crippen LogP contribution in [0.1, 0.15) is 28.9 Å². The van der Waals surface area contributed by atoms with Crippen LogP contribution in [-0.4, -0.2) is 11.7 Å². The molecule has 0 spiro atoms. The predicted molar refractivity (Wildman–Crippen MR) is 73.1 cm³/mol. The predicted octanol–water partition coefficient (Wildman–Crippen LogP) is 2.98. The van der Waals surface area contributed by atoms with Gasteiger partial charge in [0, 0.05) is 0 Å². The zero-order valence-corrected chi connectivity index (χ0v) is 10.5. The summed E-state index contributed by atoms with van der Waals surface area (Å²) in [5, 5.41) is 0. The second-order valence-electron chi connectivity index (χ2n) is 4.61. The number of hydrogen-bond acceptors (Lipinski definition) is 2. The number of Topliss-reactive ketones (excluding diaryl/α,β-unsaturated/α-hetero) is 1. The van der Waals surface area contributed by atoms with Crippen molar-refractivity contribution in [3.8, 4) is 0 Å². The van der Waals surface area contributed by atoms with Crippen LogP contribution in [0.3, 0.4) is 0 Å². The monoisotopic (exact) mass is 251 g/mol. The number of anilines is 1. The number of benzene rings is 2. The van der Waals surface area contributed by atoms with E-state index in [-0.39, 0.29) is 6.04 Å². The minimum Gasteiger partial charge on any atom is -0.298 e. The molecule has 0 aliphatic carbocycles. The fourth-order valence-electron chi connectivity index (χ4n) is 2.47. The zero-order valence-electron chi connectivity index (χ0n) is 10.5. The number of para-hydroxylation sites is 1. The number of ketones is 1. The van der Waals surface area contributed by atoms with Gasteiger partial charge in [-0.15, -0.1) is 0 Å². The highest BCUT2D eigenvalue weighted by molar-refractivity contribution is 6.52. The lowest BCUT2D eigenvalue weighted by Crippen LogP contribution is -2.32. The zero-order chi connectivity index (χ0) is 13.4. The van der Waals surface area contributed by atoms with Crippen molar-refractivity contribution in [1.29, 1.82) is 0 Å². The van der Waals surface area contributed by atoms with Crippen LogP contribution in [0.15, 0.2) is 54.6 Å². The molecule has 3 heteroatoms. The Balaban J connectivity index is 2.07. The quantitative estimate of drug-likeness (QED) is 0.769. The van der Waals surface area contributed by atoms with Gasteiger partial charge in [0.2, 0.25) is 0 Å². The maximum atomic E-state index is 12.2. The van der Waals surface area contributed by atoms with E-state index < -0.39 is 11.7 Å². The van der Waals surface area contributed by atoms with Gasteiger partial charge in [0.1, 0.15) is 0 Å². The van der Waals surface area contributed by atoms with Gasteiger partial charge in [-0.2, -0.15) is 0 Å². The first-order chi connectivity index (χ1) is 9.20. The number of nitrogens with zero attached hydrogens (tertiary/aromatic N) is 1. The number of carbonyl (C=O) groups is 2. The minimum absolute atomic E-state index is 0.152. The van der Waals surface area contributed by atoms with E-state index in [1.807, 2.05) is 49.4 Å². The van der Waals surface area contributed by atoms with Crippen molar-refractivity contribution in [2.24, 2.45) is 0 Å². The van der Waals surface area contributed by atoms with E-state index in [4.69, 9.17) is 0 Å². The average Bonchev–Trinajstić information content (AvgIpc) is 2.72. The van der Waals surface area contributed by atoms with Crippen molar-refractivity contribution in [3.05, 3.63) is 65.7 Å². The number of fused-ring (bicyclic) bond motifs is 1. The lowest BCUT2D eigenvalue weighted by molar-refractivity contribution is -0.114. The summed E-state index contributed by atoms with van der Waals surface area (Å²) in [6, 6.07) is 16.7. The fraction of sp³-hybridized carbons (Fsp3) is 0.125. The Kier molecular flexibility index (Phi) is 2.67. The highest BCUT2D eigenvalue weighted by Crippen LogP contribution is 2.35. The van der Waals surface area contributed by atoms with Crippen LogP contribution in [0.5, 0.6) is 0 Å². The van der Waals surface area contributed by atoms with Crippen molar-refractivity contribution in [3.63, 3.8) is 0 Å². The van der Waals surface area contributed by atoms with Gasteiger partial charge in [-0.05, 0) is 24.6 Å². The third kappa shape index (κ3) is 1.74. The molecule has 0 saturated carbocycles. The molecule has 94 valence electrons. The summed E-state index contributed by atoms with van der Waals surface area (Å²) in [6.45, 7) is 1.93. The second kappa shape index (κ2) is 4.35. The van der Waals surface area contributed by atoms with Gasteiger partial charge in [-0.1, -0.05) is 42.5 Å². The second-order valence-corrected chi connectivity index (χ2v) is 4.61. The molecule has 0 fully saturated rings. The van der Waals surface area contributed by atoms with Crippen LogP contribution in [0, 0.1) is 0 Å². The highest BCUT2D eigenvalue weighted by Gasteiger charge is 2.38. The SMILES string of the molecule is CC(c1ccccc1)N1C(=O)C(=O)c2ccccc21.